The van der Waals surface area contributed by atoms with Gasteiger partial charge < -0.3 is 4.42 Å². The van der Waals surface area contributed by atoms with Crippen LogP contribution in [0.4, 0.5) is 0 Å². The summed E-state index contributed by atoms with van der Waals surface area (Å²) < 4.78 is 9.01. The van der Waals surface area contributed by atoms with Gasteiger partial charge in [0, 0.05) is 47.8 Å². The van der Waals surface area contributed by atoms with Crippen molar-refractivity contribution in [2.75, 3.05) is 0 Å². The fourth-order valence-corrected chi connectivity index (χ4v) is 8.02. The molecule has 0 saturated heterocycles. The van der Waals surface area contributed by atoms with Gasteiger partial charge in [0.15, 0.2) is 23.1 Å². The Bertz CT molecular complexity index is 2860. The lowest BCUT2D eigenvalue weighted by Gasteiger charge is -2.13. The first-order chi connectivity index (χ1) is 24.8. The summed E-state index contributed by atoms with van der Waals surface area (Å²) in [5, 5.41) is 4.34. The molecule has 0 bridgehead atoms. The van der Waals surface area contributed by atoms with Gasteiger partial charge in [0.25, 0.3) is 0 Å². The van der Waals surface area contributed by atoms with Crippen LogP contribution >= 0.6 is 11.3 Å². The van der Waals surface area contributed by atoms with Crippen molar-refractivity contribution in [3.8, 4) is 56.7 Å². The Balaban J connectivity index is 1.29. The maximum absolute atomic E-state index is 6.68. The first-order valence-corrected chi connectivity index (χ1v) is 17.3. The third-order valence-corrected chi connectivity index (χ3v) is 10.3. The summed E-state index contributed by atoms with van der Waals surface area (Å²) in [6, 6.07) is 53.8. The summed E-state index contributed by atoms with van der Waals surface area (Å²) in [5.74, 6) is 2.43. The average Bonchev–Trinajstić information content (AvgIpc) is 3.80. The molecule has 0 aliphatic carbocycles. The molecule has 7 aromatic carbocycles. The summed E-state index contributed by atoms with van der Waals surface area (Å²) in [5.41, 5.74) is 7.44. The zero-order valence-corrected chi connectivity index (χ0v) is 27.4. The van der Waals surface area contributed by atoms with Crippen LogP contribution in [0.3, 0.4) is 0 Å². The van der Waals surface area contributed by atoms with Gasteiger partial charge in [-0.05, 0) is 46.8 Å². The Morgan fingerprint density at radius 3 is 1.76 bits per heavy atom. The predicted octanol–water partition coefficient (Wildman–Crippen LogP) is 11.9. The van der Waals surface area contributed by atoms with E-state index in [0.717, 1.165) is 65.3 Å². The summed E-state index contributed by atoms with van der Waals surface area (Å²) in [6.45, 7) is 0. The molecule has 6 heteroatoms. The zero-order valence-electron chi connectivity index (χ0n) is 26.6. The van der Waals surface area contributed by atoms with Crippen molar-refractivity contribution in [3.05, 3.63) is 158 Å². The molecular weight excluding hydrogens is 633 g/mol. The lowest BCUT2D eigenvalue weighted by atomic mass is 9.97. The third kappa shape index (κ3) is 4.69. The van der Waals surface area contributed by atoms with E-state index in [-0.39, 0.29) is 0 Å². The number of oxazole rings is 1. The third-order valence-electron chi connectivity index (χ3n) is 9.18. The molecule has 234 valence electrons. The molecule has 0 amide bonds. The van der Waals surface area contributed by atoms with Crippen LogP contribution in [0.1, 0.15) is 0 Å². The smallest absolute Gasteiger partial charge is 0.227 e. The number of benzene rings is 7. The fraction of sp³-hybridized carbons (Fsp3) is 0. The highest BCUT2D eigenvalue weighted by Crippen LogP contribution is 2.45. The fourth-order valence-electron chi connectivity index (χ4n) is 6.87. The number of hydrogen-bond donors (Lipinski definition) is 0. The van der Waals surface area contributed by atoms with E-state index in [9.17, 15) is 0 Å². The number of nitrogens with zero attached hydrogens (tertiary/aromatic N) is 4. The molecule has 10 rings (SSSR count). The van der Waals surface area contributed by atoms with Gasteiger partial charge >= 0.3 is 0 Å². The topological polar surface area (TPSA) is 64.7 Å². The van der Waals surface area contributed by atoms with Gasteiger partial charge in [-0.15, -0.1) is 11.3 Å². The van der Waals surface area contributed by atoms with Gasteiger partial charge in [-0.25, -0.2) is 19.9 Å². The molecule has 3 aromatic heterocycles. The Labute approximate surface area is 291 Å². The molecular formula is C44H26N4OS. The Morgan fingerprint density at radius 1 is 0.400 bits per heavy atom. The van der Waals surface area contributed by atoms with E-state index in [2.05, 4.69) is 78.9 Å². The summed E-state index contributed by atoms with van der Waals surface area (Å²) in [4.78, 5) is 20.5. The monoisotopic (exact) mass is 658 g/mol. The molecule has 5 nitrogen and oxygen atoms in total. The second kappa shape index (κ2) is 11.6. The highest BCUT2D eigenvalue weighted by Gasteiger charge is 2.22. The van der Waals surface area contributed by atoms with E-state index in [1.54, 1.807) is 11.3 Å². The molecule has 50 heavy (non-hydrogen) atoms. The van der Waals surface area contributed by atoms with Crippen LogP contribution in [-0.4, -0.2) is 19.9 Å². The molecule has 0 spiro atoms. The quantitative estimate of drug-likeness (QED) is 0.184. The molecule has 0 fully saturated rings. The molecule has 3 heterocycles. The van der Waals surface area contributed by atoms with Crippen molar-refractivity contribution in [1.29, 1.82) is 0 Å². The van der Waals surface area contributed by atoms with E-state index in [1.165, 1.54) is 10.1 Å². The molecule has 0 unspecified atom stereocenters. The minimum Gasteiger partial charge on any atom is -0.435 e. The first kappa shape index (κ1) is 28.5. The van der Waals surface area contributed by atoms with Crippen LogP contribution in [0.5, 0.6) is 0 Å². The number of hydrogen-bond acceptors (Lipinski definition) is 6. The second-order valence-electron chi connectivity index (χ2n) is 12.2. The van der Waals surface area contributed by atoms with E-state index >= 15 is 0 Å². The van der Waals surface area contributed by atoms with E-state index in [0.29, 0.717) is 23.4 Å². The maximum atomic E-state index is 6.68. The molecule has 0 atom stereocenters. The van der Waals surface area contributed by atoms with Crippen molar-refractivity contribution < 1.29 is 4.42 Å². The summed E-state index contributed by atoms with van der Waals surface area (Å²) >= 11 is 1.76. The highest BCUT2D eigenvalue weighted by atomic mass is 32.1. The molecule has 0 saturated carbocycles. The number of rotatable bonds is 5. The van der Waals surface area contributed by atoms with Gasteiger partial charge in [-0.2, -0.15) is 0 Å². The highest BCUT2D eigenvalue weighted by molar-refractivity contribution is 7.26. The van der Waals surface area contributed by atoms with Gasteiger partial charge in [-0.3, -0.25) is 0 Å². The van der Waals surface area contributed by atoms with Gasteiger partial charge in [0.1, 0.15) is 5.52 Å². The standard InChI is InChI=1S/C44H26N4OS/c1-4-14-27(15-5-1)30-20-10-11-21-32(30)42-46-41(28-16-6-2-7-17-28)47-43(48-42)34-26-37-38(33-22-12-13-23-36(33)50-37)39-31(34)24-25-35-40(39)49-44(45-35)29-18-8-3-9-19-29/h1-26H. The molecule has 0 aliphatic rings. The minimum absolute atomic E-state index is 0.595. The van der Waals surface area contributed by atoms with Crippen molar-refractivity contribution in [1.82, 2.24) is 19.9 Å². The summed E-state index contributed by atoms with van der Waals surface area (Å²) in [7, 11) is 0. The van der Waals surface area contributed by atoms with Crippen molar-refractivity contribution in [3.63, 3.8) is 0 Å². The van der Waals surface area contributed by atoms with Crippen LogP contribution in [0.25, 0.3) is 98.8 Å². The van der Waals surface area contributed by atoms with Crippen LogP contribution in [-0.2, 0) is 0 Å². The Hall–Kier alpha value is -6.50. The second-order valence-corrected chi connectivity index (χ2v) is 13.3. The van der Waals surface area contributed by atoms with Crippen LogP contribution in [0.15, 0.2) is 162 Å². The van der Waals surface area contributed by atoms with Crippen LogP contribution < -0.4 is 0 Å². The lowest BCUT2D eigenvalue weighted by molar-refractivity contribution is 0.623. The van der Waals surface area contributed by atoms with Crippen molar-refractivity contribution in [2.24, 2.45) is 0 Å². The SMILES string of the molecule is c1ccc(-c2nc(-c3ccccc3-c3ccccc3)nc(-c3cc4sc5ccccc5c4c4c3ccc3nc(-c5ccccc5)oc34)n2)cc1. The van der Waals surface area contributed by atoms with Gasteiger partial charge in [-0.1, -0.05) is 127 Å². The van der Waals surface area contributed by atoms with E-state index in [1.807, 2.05) is 78.9 Å². The minimum atomic E-state index is 0.595. The molecule has 0 radical (unpaired) electrons. The maximum Gasteiger partial charge on any atom is 0.227 e. The number of aromatic nitrogens is 4. The van der Waals surface area contributed by atoms with Crippen LogP contribution in [0.2, 0.25) is 0 Å². The van der Waals surface area contributed by atoms with Gasteiger partial charge in [0.2, 0.25) is 5.89 Å². The predicted molar refractivity (Wildman–Crippen MR) is 205 cm³/mol. The van der Waals surface area contributed by atoms with E-state index in [4.69, 9.17) is 24.4 Å². The largest absolute Gasteiger partial charge is 0.435 e. The van der Waals surface area contributed by atoms with Crippen molar-refractivity contribution in [2.45, 2.75) is 0 Å². The zero-order chi connectivity index (χ0) is 33.0. The molecule has 0 aliphatic heterocycles. The summed E-state index contributed by atoms with van der Waals surface area (Å²) in [6.07, 6.45) is 0. The van der Waals surface area contributed by atoms with Crippen molar-refractivity contribution >= 4 is 53.4 Å². The Kier molecular flexibility index (Phi) is 6.60. The molecule has 10 aromatic rings. The lowest BCUT2D eigenvalue weighted by Crippen LogP contribution is -2.01. The number of fused-ring (bicyclic) bond motifs is 7. The first-order valence-electron chi connectivity index (χ1n) is 16.5. The normalized spacial score (nSPS) is 11.6. The average molecular weight is 659 g/mol. The van der Waals surface area contributed by atoms with Gasteiger partial charge in [0.05, 0.1) is 0 Å². The van der Waals surface area contributed by atoms with Crippen LogP contribution in [0, 0.1) is 0 Å². The van der Waals surface area contributed by atoms with E-state index < -0.39 is 0 Å². The number of thiophene rings is 1. The Morgan fingerprint density at radius 2 is 1.00 bits per heavy atom. The molecule has 0 N–H and O–H groups in total.